The van der Waals surface area contributed by atoms with Crippen LogP contribution in [0.25, 0.3) is 45.2 Å². The summed E-state index contributed by atoms with van der Waals surface area (Å²) >= 11 is 0. The summed E-state index contributed by atoms with van der Waals surface area (Å²) in [6, 6.07) is 43.0. The molecule has 0 radical (unpaired) electrons. The third kappa shape index (κ3) is 11.2. The van der Waals surface area contributed by atoms with E-state index in [4.69, 9.17) is 0 Å². The Balaban J connectivity index is 1.54. The lowest BCUT2D eigenvalue weighted by Crippen LogP contribution is -2.02. The Bertz CT molecular complexity index is 2320. The number of benzene rings is 5. The molecule has 0 aromatic heterocycles. The molecular formula is C54H51N. The van der Waals surface area contributed by atoms with Gasteiger partial charge in [-0.3, -0.25) is 0 Å². The van der Waals surface area contributed by atoms with Gasteiger partial charge in [-0.15, -0.1) is 0 Å². The summed E-state index contributed by atoms with van der Waals surface area (Å²) in [6.07, 6.45) is 32.1. The summed E-state index contributed by atoms with van der Waals surface area (Å²) in [4.78, 5) is 0. The zero-order chi connectivity index (χ0) is 38.7. The molecule has 0 aliphatic carbocycles. The summed E-state index contributed by atoms with van der Waals surface area (Å²) in [5.41, 5.74) is 12.5. The second-order valence-corrected chi connectivity index (χ2v) is 12.9. The number of fused-ring (bicyclic) bond motifs is 1. The molecule has 0 aliphatic heterocycles. The first-order chi connectivity index (χ1) is 27.1. The van der Waals surface area contributed by atoms with E-state index in [1.54, 1.807) is 0 Å². The van der Waals surface area contributed by atoms with Crippen molar-refractivity contribution in [2.24, 2.45) is 0 Å². The Kier molecular flexibility index (Phi) is 15.2. The highest BCUT2D eigenvalue weighted by Crippen LogP contribution is 2.29. The smallest absolute Gasteiger partial charge is 0.0380 e. The lowest BCUT2D eigenvalue weighted by Gasteiger charge is -2.12. The first-order valence-electron chi connectivity index (χ1n) is 18.9. The summed E-state index contributed by atoms with van der Waals surface area (Å²) in [5, 5.41) is 5.94. The van der Waals surface area contributed by atoms with E-state index >= 15 is 0 Å². The Morgan fingerprint density at radius 1 is 0.636 bits per heavy atom. The molecule has 1 N–H and O–H groups in total. The van der Waals surface area contributed by atoms with E-state index in [9.17, 15) is 0 Å². The second-order valence-electron chi connectivity index (χ2n) is 12.9. The predicted octanol–water partition coefficient (Wildman–Crippen LogP) is 14.9. The first-order valence-corrected chi connectivity index (χ1v) is 18.9. The van der Waals surface area contributed by atoms with Crippen LogP contribution in [-0.4, -0.2) is 0 Å². The van der Waals surface area contributed by atoms with Gasteiger partial charge in [0.2, 0.25) is 0 Å². The van der Waals surface area contributed by atoms with Gasteiger partial charge in [0.25, 0.3) is 0 Å². The highest BCUT2D eigenvalue weighted by molar-refractivity contribution is 5.91. The molecule has 5 aromatic carbocycles. The van der Waals surface area contributed by atoms with Crippen molar-refractivity contribution in [2.45, 2.75) is 27.2 Å². The normalized spacial score (nSPS) is 13.5. The number of hydrogen-bond acceptors (Lipinski definition) is 1. The maximum Gasteiger partial charge on any atom is 0.0380 e. The highest BCUT2D eigenvalue weighted by Gasteiger charge is 2.08. The van der Waals surface area contributed by atoms with Crippen molar-refractivity contribution in [3.63, 3.8) is 0 Å². The van der Waals surface area contributed by atoms with Crippen molar-refractivity contribution in [1.29, 1.82) is 0 Å². The Morgan fingerprint density at radius 3 is 2.05 bits per heavy atom. The molecule has 0 heterocycles. The summed E-state index contributed by atoms with van der Waals surface area (Å²) in [7, 11) is 0. The van der Waals surface area contributed by atoms with Crippen molar-refractivity contribution in [3.05, 3.63) is 253 Å². The molecule has 1 nitrogen and oxygen atoms in total. The maximum atomic E-state index is 4.12. The lowest BCUT2D eigenvalue weighted by molar-refractivity contribution is 1.13. The fourth-order valence-electron chi connectivity index (χ4n) is 6.42. The molecular weight excluding hydrogens is 663 g/mol. The number of rotatable bonds is 16. The minimum absolute atomic E-state index is 0.752. The van der Waals surface area contributed by atoms with Crippen molar-refractivity contribution in [1.82, 2.24) is 5.32 Å². The van der Waals surface area contributed by atoms with Gasteiger partial charge in [-0.2, -0.15) is 0 Å². The van der Waals surface area contributed by atoms with Crippen molar-refractivity contribution in [3.8, 4) is 11.1 Å². The van der Waals surface area contributed by atoms with Crippen molar-refractivity contribution < 1.29 is 0 Å². The molecule has 0 saturated carbocycles. The highest BCUT2D eigenvalue weighted by atomic mass is 14.8. The zero-order valence-corrected chi connectivity index (χ0v) is 32.3. The molecule has 0 unspecified atom stereocenters. The van der Waals surface area contributed by atoms with Gasteiger partial charge in [0.15, 0.2) is 0 Å². The van der Waals surface area contributed by atoms with Gasteiger partial charge < -0.3 is 5.32 Å². The third-order valence-electron chi connectivity index (χ3n) is 9.30. The molecule has 0 bridgehead atoms. The van der Waals surface area contributed by atoms with E-state index in [-0.39, 0.29) is 0 Å². The van der Waals surface area contributed by atoms with Gasteiger partial charge in [0.1, 0.15) is 0 Å². The fourth-order valence-corrected chi connectivity index (χ4v) is 6.42. The van der Waals surface area contributed by atoms with Crippen LogP contribution in [0.15, 0.2) is 230 Å². The average molecular weight is 714 g/mol. The van der Waals surface area contributed by atoms with Crippen LogP contribution < -0.4 is 5.32 Å². The van der Waals surface area contributed by atoms with E-state index in [0.29, 0.717) is 0 Å². The summed E-state index contributed by atoms with van der Waals surface area (Å²) in [6.45, 7) is 14.1. The molecule has 272 valence electrons. The molecule has 0 spiro atoms. The number of allylic oxidation sites excluding steroid dienone is 16. The largest absolute Gasteiger partial charge is 0.362 e. The Morgan fingerprint density at radius 2 is 1.35 bits per heavy atom. The van der Waals surface area contributed by atoms with E-state index in [1.165, 1.54) is 44.2 Å². The van der Waals surface area contributed by atoms with Crippen LogP contribution >= 0.6 is 0 Å². The minimum Gasteiger partial charge on any atom is -0.362 e. The van der Waals surface area contributed by atoms with E-state index in [0.717, 1.165) is 34.4 Å². The lowest BCUT2D eigenvalue weighted by atomic mass is 9.94. The van der Waals surface area contributed by atoms with Crippen LogP contribution in [0.3, 0.4) is 0 Å². The number of hydrogen-bond donors (Lipinski definition) is 1. The molecule has 0 fully saturated rings. The van der Waals surface area contributed by atoms with Crippen molar-refractivity contribution in [2.75, 3.05) is 0 Å². The Hall–Kier alpha value is -6.70. The van der Waals surface area contributed by atoms with Crippen LogP contribution in [0.5, 0.6) is 0 Å². The predicted molar refractivity (Wildman–Crippen MR) is 244 cm³/mol. The average Bonchev–Trinajstić information content (AvgIpc) is 3.24. The molecule has 1 heteroatoms. The molecule has 0 saturated heterocycles. The maximum absolute atomic E-state index is 4.12. The van der Waals surface area contributed by atoms with Gasteiger partial charge in [0.05, 0.1) is 0 Å². The van der Waals surface area contributed by atoms with Crippen LogP contribution in [-0.2, 0) is 0 Å². The van der Waals surface area contributed by atoms with Crippen LogP contribution in [0.2, 0.25) is 0 Å². The fraction of sp³-hybridized carbons (Fsp3) is 0.0741. The zero-order valence-electron chi connectivity index (χ0n) is 32.3. The second kappa shape index (κ2) is 21.1. The first kappa shape index (κ1) is 39.5. The molecule has 0 atom stereocenters. The molecule has 5 aromatic rings. The SMILES string of the molecule is C=C\C=C/C(=C/C)C(=C\C)/c1ccc(\C=C/C(C/C=C\C=C/C)=C(\C=C\N/C(C=C)=C/c2cccc3ccccc23)c2ccc(-c3ccccc3)cc2)cc1. The standard InChI is InChI=1S/C54H51N/c1-6-11-13-15-24-47(32-29-42-30-33-48(34-31-42)52(10-5)43(8-3)21-12-7-2)54(49-37-35-45(36-38-49)44-22-16-14-17-23-44)39-40-55-51(9-4)41-50-27-20-26-46-25-18-19-28-53(46)50/h6-23,25-41,55H,2,4,24H2,1,3,5H3/b11-6-,15-13-,21-12-,32-29-,40-39+,43-8-,51-41+,52-10+,54-47+. The third-order valence-corrected chi connectivity index (χ3v) is 9.30. The van der Waals surface area contributed by atoms with Crippen molar-refractivity contribution >= 4 is 34.1 Å². The van der Waals surface area contributed by atoms with Gasteiger partial charge in [-0.05, 0) is 112 Å². The topological polar surface area (TPSA) is 12.0 Å². The monoisotopic (exact) mass is 713 g/mol. The van der Waals surface area contributed by atoms with Crippen LogP contribution in [0, 0.1) is 0 Å². The molecule has 0 aliphatic rings. The quantitative estimate of drug-likeness (QED) is 0.100. The van der Waals surface area contributed by atoms with Crippen LogP contribution in [0.1, 0.15) is 49.4 Å². The van der Waals surface area contributed by atoms with E-state index in [1.807, 2.05) is 31.4 Å². The molecule has 5 rings (SSSR count). The van der Waals surface area contributed by atoms with Gasteiger partial charge in [-0.1, -0.05) is 201 Å². The van der Waals surface area contributed by atoms with Gasteiger partial charge >= 0.3 is 0 Å². The summed E-state index contributed by atoms with van der Waals surface area (Å²) in [5.74, 6) is 0. The van der Waals surface area contributed by atoms with E-state index in [2.05, 4.69) is 220 Å². The van der Waals surface area contributed by atoms with Gasteiger partial charge in [-0.25, -0.2) is 0 Å². The van der Waals surface area contributed by atoms with Gasteiger partial charge in [0, 0.05) is 11.9 Å². The summed E-state index contributed by atoms with van der Waals surface area (Å²) < 4.78 is 0. The van der Waals surface area contributed by atoms with Crippen LogP contribution in [0.4, 0.5) is 0 Å². The molecule has 0 amide bonds. The Labute approximate surface area is 329 Å². The minimum atomic E-state index is 0.752. The molecule has 55 heavy (non-hydrogen) atoms. The van der Waals surface area contributed by atoms with E-state index < -0.39 is 0 Å². The number of nitrogens with one attached hydrogen (secondary N) is 1.